The topological polar surface area (TPSA) is 242 Å². The van der Waals surface area contributed by atoms with E-state index in [9.17, 15) is 24.3 Å². The Morgan fingerprint density at radius 1 is 0.978 bits per heavy atom. The van der Waals surface area contributed by atoms with E-state index >= 15 is 0 Å². The molecule has 0 spiro atoms. The number of methoxy groups -OCH3 is 1. The molecule has 0 fully saturated rings. The van der Waals surface area contributed by atoms with Crippen LogP contribution in [0.3, 0.4) is 0 Å². The second-order valence-electron chi connectivity index (χ2n) is 9.50. The van der Waals surface area contributed by atoms with E-state index in [1.54, 1.807) is 19.2 Å². The van der Waals surface area contributed by atoms with Crippen LogP contribution in [-0.4, -0.2) is 109 Å². The first-order valence-electron chi connectivity index (χ1n) is 14.1. The van der Waals surface area contributed by atoms with Gasteiger partial charge < -0.3 is 45.7 Å². The first kappa shape index (κ1) is 34.8. The summed E-state index contributed by atoms with van der Waals surface area (Å²) in [5.41, 5.74) is 6.56. The molecule has 0 bridgehead atoms. The molecule has 2 aromatic heterocycles. The number of amides is 2. The summed E-state index contributed by atoms with van der Waals surface area (Å²) in [4.78, 5) is 63.2. The molecular formula is C28H38N8O9. The molecule has 17 heteroatoms. The number of rotatable bonds is 21. The largest absolute Gasteiger partial charge is 0.480 e. The summed E-state index contributed by atoms with van der Waals surface area (Å²) < 4.78 is 20.9. The van der Waals surface area contributed by atoms with Gasteiger partial charge in [0.2, 0.25) is 11.9 Å². The van der Waals surface area contributed by atoms with E-state index in [4.69, 9.17) is 24.7 Å². The summed E-state index contributed by atoms with van der Waals surface area (Å²) in [6, 6.07) is 5.06. The Kier molecular flexibility index (Phi) is 14.6. The summed E-state index contributed by atoms with van der Waals surface area (Å²) in [6.07, 6.45) is 1.27. The van der Waals surface area contributed by atoms with Crippen LogP contribution >= 0.6 is 0 Å². The third kappa shape index (κ3) is 12.4. The van der Waals surface area contributed by atoms with Crippen LogP contribution in [0.2, 0.25) is 0 Å². The number of carboxylic acids is 1. The van der Waals surface area contributed by atoms with Gasteiger partial charge in [0.1, 0.15) is 6.04 Å². The molecule has 3 aromatic rings. The monoisotopic (exact) mass is 630 g/mol. The maximum atomic E-state index is 12.7. The van der Waals surface area contributed by atoms with Crippen molar-refractivity contribution in [2.24, 2.45) is 0 Å². The molecule has 0 radical (unpaired) electrons. The van der Waals surface area contributed by atoms with E-state index in [2.05, 4.69) is 35.9 Å². The van der Waals surface area contributed by atoms with Gasteiger partial charge in [-0.2, -0.15) is 4.98 Å². The predicted molar refractivity (Wildman–Crippen MR) is 162 cm³/mol. The number of hydrogen-bond donors (Lipinski definition) is 6. The van der Waals surface area contributed by atoms with Gasteiger partial charge in [-0.1, -0.05) is 0 Å². The molecule has 0 saturated carbocycles. The van der Waals surface area contributed by atoms with Crippen molar-refractivity contribution in [3.63, 3.8) is 0 Å². The average molecular weight is 631 g/mol. The number of carboxylic acid groups (broad SMARTS) is 1. The van der Waals surface area contributed by atoms with Crippen LogP contribution in [0.1, 0.15) is 28.9 Å². The first-order valence-corrected chi connectivity index (χ1v) is 14.1. The zero-order valence-corrected chi connectivity index (χ0v) is 24.9. The number of carbonyl (C=O) groups is 3. The quantitative estimate of drug-likeness (QED) is 0.0827. The minimum atomic E-state index is -1.26. The lowest BCUT2D eigenvalue weighted by molar-refractivity contribution is -0.139. The Morgan fingerprint density at radius 2 is 1.64 bits per heavy atom. The molecule has 7 N–H and O–H groups in total. The number of nitrogens with two attached hydrogens (primary N) is 1. The molecule has 0 aliphatic rings. The minimum absolute atomic E-state index is 0.0518. The van der Waals surface area contributed by atoms with Gasteiger partial charge in [0.05, 0.1) is 64.7 Å². The zero-order chi connectivity index (χ0) is 32.4. The summed E-state index contributed by atoms with van der Waals surface area (Å²) >= 11 is 0. The molecule has 0 aliphatic carbocycles. The molecule has 0 saturated heterocycles. The number of aromatic amines is 1. The molecule has 244 valence electrons. The number of ether oxygens (including phenoxy) is 4. The van der Waals surface area contributed by atoms with Gasteiger partial charge in [-0.3, -0.25) is 19.4 Å². The van der Waals surface area contributed by atoms with E-state index in [-0.39, 0.29) is 61.1 Å². The number of fused-ring (bicyclic) bond motifs is 1. The van der Waals surface area contributed by atoms with Gasteiger partial charge in [0, 0.05) is 31.3 Å². The molecule has 45 heavy (non-hydrogen) atoms. The second kappa shape index (κ2) is 18.8. The van der Waals surface area contributed by atoms with Crippen molar-refractivity contribution >= 4 is 40.6 Å². The van der Waals surface area contributed by atoms with Crippen LogP contribution in [0.15, 0.2) is 35.3 Å². The third-order valence-corrected chi connectivity index (χ3v) is 6.11. The second-order valence-corrected chi connectivity index (χ2v) is 9.50. The van der Waals surface area contributed by atoms with E-state index in [0.29, 0.717) is 51.0 Å². The number of nitrogens with zero attached hydrogens (tertiary/aromatic N) is 3. The third-order valence-electron chi connectivity index (χ3n) is 6.11. The SMILES string of the molecule is COCCOCCOCCOCCNC(=O)CC[C@H](NC(=O)c1ccc(NCc2cnc3nc(N)[nH]c(=O)c3n2)cc1)C(=O)O. The summed E-state index contributed by atoms with van der Waals surface area (Å²) in [6.45, 7) is 3.44. The van der Waals surface area contributed by atoms with Crippen molar-refractivity contribution in [2.75, 3.05) is 71.0 Å². The number of nitrogens with one attached hydrogen (secondary N) is 4. The predicted octanol–water partition coefficient (Wildman–Crippen LogP) is -0.317. The van der Waals surface area contributed by atoms with Gasteiger partial charge in [-0.25, -0.2) is 14.8 Å². The van der Waals surface area contributed by atoms with Crippen molar-refractivity contribution in [1.29, 1.82) is 0 Å². The molecule has 1 aromatic carbocycles. The van der Waals surface area contributed by atoms with Crippen LogP contribution in [0.5, 0.6) is 0 Å². The van der Waals surface area contributed by atoms with Gasteiger partial charge in [0.25, 0.3) is 11.5 Å². The molecule has 2 heterocycles. The van der Waals surface area contributed by atoms with Crippen LogP contribution in [0.4, 0.5) is 11.6 Å². The smallest absolute Gasteiger partial charge is 0.326 e. The van der Waals surface area contributed by atoms with Crippen molar-refractivity contribution in [3.8, 4) is 0 Å². The van der Waals surface area contributed by atoms with Crippen molar-refractivity contribution in [1.82, 2.24) is 30.6 Å². The van der Waals surface area contributed by atoms with Crippen LogP contribution in [0, 0.1) is 0 Å². The van der Waals surface area contributed by atoms with E-state index in [1.807, 2.05) is 0 Å². The van der Waals surface area contributed by atoms with E-state index < -0.39 is 23.5 Å². The lowest BCUT2D eigenvalue weighted by Gasteiger charge is -2.15. The first-order chi connectivity index (χ1) is 21.8. The lowest BCUT2D eigenvalue weighted by Crippen LogP contribution is -2.41. The van der Waals surface area contributed by atoms with Crippen molar-refractivity contribution < 1.29 is 38.4 Å². The fourth-order valence-electron chi connectivity index (χ4n) is 3.80. The molecule has 2 amide bonds. The standard InChI is InChI=1S/C28H38N8O9/c1-42-10-11-44-14-15-45-13-12-43-9-8-30-22(37)7-6-21(27(40)41)34-25(38)18-2-4-19(5-3-18)31-16-20-17-32-24-23(33-20)26(39)36-28(29)35-24/h2-5,17,21,31H,6-16H2,1H3,(H,30,37)(H,34,38)(H,40,41)(H3,29,32,35,36,39)/t21-/m0/s1. The highest BCUT2D eigenvalue weighted by Crippen LogP contribution is 2.12. The maximum Gasteiger partial charge on any atom is 0.326 e. The Labute approximate surface area is 258 Å². The number of aromatic nitrogens is 4. The number of H-pyrrole nitrogens is 1. The number of benzene rings is 1. The van der Waals surface area contributed by atoms with Gasteiger partial charge in [0.15, 0.2) is 11.2 Å². The molecular weight excluding hydrogens is 592 g/mol. The highest BCUT2D eigenvalue weighted by atomic mass is 16.6. The normalized spacial score (nSPS) is 11.7. The Bertz CT molecular complexity index is 1450. The fraction of sp³-hybridized carbons (Fsp3) is 0.464. The van der Waals surface area contributed by atoms with E-state index in [0.717, 1.165) is 0 Å². The highest BCUT2D eigenvalue weighted by Gasteiger charge is 2.21. The molecule has 3 rings (SSSR count). The Balaban J connectivity index is 1.33. The van der Waals surface area contributed by atoms with Crippen molar-refractivity contribution in [2.45, 2.75) is 25.4 Å². The minimum Gasteiger partial charge on any atom is -0.480 e. The summed E-state index contributed by atoms with van der Waals surface area (Å²) in [5, 5.41) is 17.8. The fourth-order valence-corrected chi connectivity index (χ4v) is 3.80. The number of hydrogen-bond acceptors (Lipinski definition) is 13. The van der Waals surface area contributed by atoms with E-state index in [1.165, 1.54) is 18.3 Å². The summed E-state index contributed by atoms with van der Waals surface area (Å²) in [5.74, 6) is -2.27. The van der Waals surface area contributed by atoms with Gasteiger partial charge >= 0.3 is 5.97 Å². The van der Waals surface area contributed by atoms with Gasteiger partial charge in [-0.15, -0.1) is 0 Å². The molecule has 17 nitrogen and oxygen atoms in total. The molecule has 0 aliphatic heterocycles. The lowest BCUT2D eigenvalue weighted by atomic mass is 10.1. The Morgan fingerprint density at radius 3 is 2.31 bits per heavy atom. The van der Waals surface area contributed by atoms with Gasteiger partial charge in [-0.05, 0) is 30.7 Å². The highest BCUT2D eigenvalue weighted by molar-refractivity contribution is 5.97. The van der Waals surface area contributed by atoms with Crippen LogP contribution in [0.25, 0.3) is 11.2 Å². The van der Waals surface area contributed by atoms with Crippen molar-refractivity contribution in [3.05, 3.63) is 52.1 Å². The number of aliphatic carboxylic acids is 1. The number of nitrogen functional groups attached to an aromatic ring is 1. The average Bonchev–Trinajstić information content (AvgIpc) is 3.02. The maximum absolute atomic E-state index is 12.7. The van der Waals surface area contributed by atoms with Crippen LogP contribution < -0.4 is 27.2 Å². The number of carbonyl (C=O) groups excluding carboxylic acids is 2. The van der Waals surface area contributed by atoms with Crippen LogP contribution in [-0.2, 0) is 35.1 Å². The molecule has 1 atom stereocenters. The molecule has 0 unspecified atom stereocenters. The Hall–Kier alpha value is -4.71. The summed E-state index contributed by atoms with van der Waals surface area (Å²) in [7, 11) is 1.60. The zero-order valence-electron chi connectivity index (χ0n) is 24.9. The number of anilines is 2.